The summed E-state index contributed by atoms with van der Waals surface area (Å²) < 4.78 is 0. The highest BCUT2D eigenvalue weighted by atomic mass is 32.1. The number of hydrogen-bond acceptors (Lipinski definition) is 2. The number of hydrogen-bond donors (Lipinski definition) is 2. The van der Waals surface area contributed by atoms with E-state index in [9.17, 15) is 4.79 Å². The normalized spacial score (nSPS) is 7.75. The minimum Gasteiger partial charge on any atom is -0.478 e. The van der Waals surface area contributed by atoms with Crippen LogP contribution in [0.4, 0.5) is 0 Å². The Hall–Kier alpha value is -1.04. The molecule has 0 radical (unpaired) electrons. The number of carboxylic acids is 1. The lowest BCUT2D eigenvalue weighted by molar-refractivity contribution is 0.0693. The van der Waals surface area contributed by atoms with Crippen LogP contribution in [0.2, 0.25) is 0 Å². The van der Waals surface area contributed by atoms with Crippen molar-refractivity contribution in [1.29, 1.82) is 0 Å². The minimum absolute atomic E-state index is 0. The Morgan fingerprint density at radius 1 is 1.25 bits per heavy atom. The van der Waals surface area contributed by atoms with Crippen molar-refractivity contribution in [3.8, 4) is 0 Å². The Labute approximate surface area is 74.9 Å². The zero-order chi connectivity index (χ0) is 7.56. The largest absolute Gasteiger partial charge is 0.478 e. The van der Waals surface area contributed by atoms with Crippen LogP contribution in [0, 0.1) is 0 Å². The molecule has 0 aliphatic heterocycles. The second kappa shape index (κ2) is 5.59. The molecule has 68 valence electrons. The van der Waals surface area contributed by atoms with Crippen LogP contribution < -0.4 is 0 Å². The van der Waals surface area contributed by atoms with E-state index in [4.69, 9.17) is 5.11 Å². The van der Waals surface area contributed by atoms with Gasteiger partial charge in [-0.05, 0) is 12.1 Å². The van der Waals surface area contributed by atoms with E-state index in [1.807, 2.05) is 0 Å². The van der Waals surface area contributed by atoms with Gasteiger partial charge < -0.3 is 16.1 Å². The van der Waals surface area contributed by atoms with Crippen molar-refractivity contribution in [2.75, 3.05) is 0 Å². The quantitative estimate of drug-likeness (QED) is 0.610. The average Bonchev–Trinajstić information content (AvgIpc) is 1.88. The molecule has 0 saturated heterocycles. The summed E-state index contributed by atoms with van der Waals surface area (Å²) in [4.78, 5) is 10.9. The van der Waals surface area contributed by atoms with Gasteiger partial charge in [-0.25, -0.2) is 4.79 Å². The second-order valence-corrected chi connectivity index (χ2v) is 2.30. The van der Waals surface area contributed by atoms with Crippen LogP contribution >= 0.6 is 12.6 Å². The summed E-state index contributed by atoms with van der Waals surface area (Å²) in [6, 6.07) is 6.58. The van der Waals surface area contributed by atoms with Crippen LogP contribution in [-0.4, -0.2) is 22.0 Å². The fraction of sp³-hybridized carbons (Fsp3) is 0. The highest BCUT2D eigenvalue weighted by Gasteiger charge is 2.03. The smallest absolute Gasteiger partial charge is 0.336 e. The lowest BCUT2D eigenvalue weighted by atomic mass is 10.2. The van der Waals surface area contributed by atoms with Crippen molar-refractivity contribution in [2.24, 2.45) is 0 Å². The Morgan fingerprint density at radius 2 is 1.75 bits per heavy atom. The van der Waals surface area contributed by atoms with Crippen molar-refractivity contribution in [1.82, 2.24) is 0 Å². The van der Waals surface area contributed by atoms with Crippen LogP contribution in [-0.2, 0) is 0 Å². The van der Waals surface area contributed by atoms with Gasteiger partial charge in [-0.2, -0.15) is 0 Å². The maximum atomic E-state index is 10.4. The van der Waals surface area contributed by atoms with Crippen LogP contribution in [0.25, 0.3) is 0 Å². The van der Waals surface area contributed by atoms with Gasteiger partial charge in [0.25, 0.3) is 0 Å². The number of thiol groups is 1. The standard InChI is InChI=1S/C7H6O2S.2H2O/c8-7(9)5-3-1-2-4-6(5)10;;/h1-4,10H,(H,8,9);2*1H2. The molecule has 0 aromatic heterocycles. The van der Waals surface area contributed by atoms with Gasteiger partial charge in [0.15, 0.2) is 0 Å². The topological polar surface area (TPSA) is 100 Å². The highest BCUT2D eigenvalue weighted by Crippen LogP contribution is 2.11. The molecule has 0 aliphatic rings. The molecular weight excluding hydrogens is 180 g/mol. The molecule has 0 bridgehead atoms. The number of carboxylic acid groups (broad SMARTS) is 1. The summed E-state index contributed by atoms with van der Waals surface area (Å²) in [6.45, 7) is 0. The Kier molecular flexibility index (Phi) is 6.31. The van der Waals surface area contributed by atoms with Crippen LogP contribution in [0.3, 0.4) is 0 Å². The van der Waals surface area contributed by atoms with Gasteiger partial charge in [0.1, 0.15) is 0 Å². The number of benzene rings is 1. The predicted molar refractivity (Wildman–Crippen MR) is 47.9 cm³/mol. The molecule has 1 rings (SSSR count). The third kappa shape index (κ3) is 2.91. The Balaban J connectivity index is 0. The lowest BCUT2D eigenvalue weighted by Gasteiger charge is -1.95. The molecule has 4 nitrogen and oxygen atoms in total. The maximum Gasteiger partial charge on any atom is 0.336 e. The van der Waals surface area contributed by atoms with Gasteiger partial charge in [0.2, 0.25) is 0 Å². The van der Waals surface area contributed by atoms with Crippen LogP contribution in [0.1, 0.15) is 10.4 Å². The first-order chi connectivity index (χ1) is 4.72. The molecule has 5 N–H and O–H groups in total. The van der Waals surface area contributed by atoms with Crippen molar-refractivity contribution in [3.05, 3.63) is 29.8 Å². The Morgan fingerprint density at radius 3 is 2.08 bits per heavy atom. The highest BCUT2D eigenvalue weighted by molar-refractivity contribution is 7.80. The molecule has 12 heavy (non-hydrogen) atoms. The molecule has 0 unspecified atom stereocenters. The summed E-state index contributed by atoms with van der Waals surface area (Å²) in [5.74, 6) is -0.939. The Bertz CT molecular complexity index is 261. The van der Waals surface area contributed by atoms with E-state index in [1.54, 1.807) is 18.2 Å². The summed E-state index contributed by atoms with van der Waals surface area (Å²) in [5.41, 5.74) is 0.242. The molecule has 0 atom stereocenters. The monoisotopic (exact) mass is 190 g/mol. The molecule has 1 aromatic rings. The fourth-order valence-corrected chi connectivity index (χ4v) is 0.911. The van der Waals surface area contributed by atoms with Crippen molar-refractivity contribution in [2.45, 2.75) is 4.90 Å². The SMILES string of the molecule is O.O.O=C(O)c1ccccc1S. The third-order valence-electron chi connectivity index (χ3n) is 1.13. The first-order valence-corrected chi connectivity index (χ1v) is 3.18. The van der Waals surface area contributed by atoms with E-state index >= 15 is 0 Å². The summed E-state index contributed by atoms with van der Waals surface area (Å²) in [7, 11) is 0. The van der Waals surface area contributed by atoms with Gasteiger partial charge in [-0.3, -0.25) is 0 Å². The zero-order valence-corrected chi connectivity index (χ0v) is 7.01. The molecule has 0 heterocycles. The van der Waals surface area contributed by atoms with Gasteiger partial charge in [-0.15, -0.1) is 12.6 Å². The minimum atomic E-state index is -0.939. The lowest BCUT2D eigenvalue weighted by Crippen LogP contribution is -1.96. The maximum absolute atomic E-state index is 10.4. The third-order valence-corrected chi connectivity index (χ3v) is 1.52. The summed E-state index contributed by atoms with van der Waals surface area (Å²) >= 11 is 3.96. The van der Waals surface area contributed by atoms with Gasteiger partial charge in [0, 0.05) is 4.90 Å². The fourth-order valence-electron chi connectivity index (χ4n) is 0.654. The van der Waals surface area contributed by atoms with Crippen molar-refractivity contribution < 1.29 is 20.9 Å². The molecule has 0 aliphatic carbocycles. The van der Waals surface area contributed by atoms with E-state index in [-0.39, 0.29) is 16.5 Å². The molecule has 0 saturated carbocycles. The summed E-state index contributed by atoms with van der Waals surface area (Å²) in [6.07, 6.45) is 0. The number of carbonyl (C=O) groups is 1. The van der Waals surface area contributed by atoms with Crippen LogP contribution in [0.5, 0.6) is 0 Å². The molecule has 0 spiro atoms. The van der Waals surface area contributed by atoms with E-state index in [2.05, 4.69) is 12.6 Å². The van der Waals surface area contributed by atoms with Gasteiger partial charge in [0.05, 0.1) is 5.56 Å². The van der Waals surface area contributed by atoms with Gasteiger partial charge >= 0.3 is 5.97 Å². The molecule has 0 amide bonds. The van der Waals surface area contributed by atoms with E-state index < -0.39 is 5.97 Å². The zero-order valence-electron chi connectivity index (χ0n) is 6.11. The molecule has 1 aromatic carbocycles. The average molecular weight is 190 g/mol. The number of aromatic carboxylic acids is 1. The van der Waals surface area contributed by atoms with E-state index in [1.165, 1.54) is 6.07 Å². The van der Waals surface area contributed by atoms with Crippen molar-refractivity contribution in [3.63, 3.8) is 0 Å². The van der Waals surface area contributed by atoms with E-state index in [0.717, 1.165) is 0 Å². The second-order valence-electron chi connectivity index (χ2n) is 1.82. The first-order valence-electron chi connectivity index (χ1n) is 2.73. The van der Waals surface area contributed by atoms with E-state index in [0.29, 0.717) is 4.90 Å². The number of rotatable bonds is 1. The molecule has 0 fully saturated rings. The predicted octanol–water partition coefficient (Wildman–Crippen LogP) is 0.0241. The first kappa shape index (κ1) is 13.5. The van der Waals surface area contributed by atoms with Crippen LogP contribution in [0.15, 0.2) is 29.2 Å². The van der Waals surface area contributed by atoms with Gasteiger partial charge in [-0.1, -0.05) is 12.1 Å². The molecular formula is C7H10O4S. The van der Waals surface area contributed by atoms with Crippen molar-refractivity contribution >= 4 is 18.6 Å². The summed E-state index contributed by atoms with van der Waals surface area (Å²) in [5, 5.41) is 8.52. The molecule has 5 heteroatoms.